The number of carbonyl (C=O) groups is 4. The third kappa shape index (κ3) is 7.69. The minimum atomic E-state index is -1.02. The van der Waals surface area contributed by atoms with Crippen molar-refractivity contribution in [1.82, 2.24) is 9.88 Å². The molecule has 12 nitrogen and oxygen atoms in total. The number of Topliss-reactive ketones (excluding diaryl/α,β-unsaturated/α-hetero) is 1. The number of ether oxygens (including phenoxy) is 4. The molecule has 4 rings (SSSR count). The maximum Gasteiger partial charge on any atom is 0.303 e. The maximum atomic E-state index is 12.4. The highest BCUT2D eigenvalue weighted by atomic mass is 32.1. The Morgan fingerprint density at radius 1 is 0.951 bits per heavy atom. The van der Waals surface area contributed by atoms with Crippen LogP contribution in [-0.4, -0.2) is 96.5 Å². The van der Waals surface area contributed by atoms with Gasteiger partial charge in [-0.3, -0.25) is 19.2 Å². The minimum absolute atomic E-state index is 0.0324. The number of carboxylic acids is 2. The molecule has 2 N–H and O–H groups in total. The molecule has 2 atom stereocenters. The summed E-state index contributed by atoms with van der Waals surface area (Å²) in [6.07, 6.45) is 3.27. The summed E-state index contributed by atoms with van der Waals surface area (Å²) in [7, 11) is 3.07. The summed E-state index contributed by atoms with van der Waals surface area (Å²) < 4.78 is 23.7. The molecule has 1 aliphatic heterocycles. The second-order valence-electron chi connectivity index (χ2n) is 9.57. The van der Waals surface area contributed by atoms with Crippen LogP contribution >= 0.6 is 11.3 Å². The van der Waals surface area contributed by atoms with Crippen LogP contribution in [0.2, 0.25) is 0 Å². The van der Waals surface area contributed by atoms with E-state index in [0.717, 1.165) is 15.8 Å². The van der Waals surface area contributed by atoms with Crippen molar-refractivity contribution in [3.05, 3.63) is 40.3 Å². The van der Waals surface area contributed by atoms with E-state index in [1.54, 1.807) is 24.1 Å². The van der Waals surface area contributed by atoms with Crippen LogP contribution < -0.4 is 9.47 Å². The van der Waals surface area contributed by atoms with Gasteiger partial charge in [0.1, 0.15) is 12.2 Å². The van der Waals surface area contributed by atoms with Crippen LogP contribution in [0.5, 0.6) is 11.6 Å². The van der Waals surface area contributed by atoms with Crippen LogP contribution in [0, 0.1) is 0 Å². The SMILES string of the molecule is COc1nc2cc(C(=O)CCC(=O)O)sc2cc1OCCCOC1C=C2CN(C(=O)CCC(=O)O)CC2=CC1OC. The number of nitrogens with zero attached hydrogens (tertiary/aromatic N) is 2. The molecule has 2 aliphatic rings. The number of aromatic nitrogens is 1. The Hall–Kier alpha value is -3.81. The standard InChI is InChI=1S/C28H32N2O10S/c1-37-20-10-16-14-30(25(32)5-7-27(35)36)15-17(16)11-21(20)39-8-3-9-40-22-13-23-18(29-28(22)38-2)12-24(41-23)19(31)4-6-26(33)34/h10-13,20-21H,3-9,14-15H2,1-2H3,(H,33,34)(H,35,36). The fourth-order valence-corrected chi connectivity index (χ4v) is 5.59. The van der Waals surface area contributed by atoms with Gasteiger partial charge in [0.2, 0.25) is 5.91 Å². The summed E-state index contributed by atoms with van der Waals surface area (Å²) in [5.74, 6) is -1.77. The smallest absolute Gasteiger partial charge is 0.303 e. The normalized spacial score (nSPS) is 18.0. The van der Waals surface area contributed by atoms with Crippen LogP contribution in [0.1, 0.15) is 41.8 Å². The quantitative estimate of drug-likeness (QED) is 0.232. The van der Waals surface area contributed by atoms with Crippen molar-refractivity contribution in [2.24, 2.45) is 0 Å². The Balaban J connectivity index is 1.30. The predicted octanol–water partition coefficient (Wildman–Crippen LogP) is 3.09. The second kappa shape index (κ2) is 13.7. The van der Waals surface area contributed by atoms with E-state index in [1.165, 1.54) is 18.4 Å². The molecule has 3 heterocycles. The molecular weight excluding hydrogens is 556 g/mol. The van der Waals surface area contributed by atoms with Crippen molar-refractivity contribution >= 4 is 45.2 Å². The molecule has 1 amide bonds. The molecule has 0 spiro atoms. The Morgan fingerprint density at radius 2 is 1.63 bits per heavy atom. The van der Waals surface area contributed by atoms with Gasteiger partial charge in [-0.1, -0.05) is 0 Å². The fraction of sp³-hybridized carbons (Fsp3) is 0.464. The molecule has 2 aromatic rings. The molecule has 1 fully saturated rings. The summed E-state index contributed by atoms with van der Waals surface area (Å²) in [6.45, 7) is 1.52. The van der Waals surface area contributed by atoms with E-state index in [1.807, 2.05) is 12.2 Å². The molecule has 2 unspecified atom stereocenters. The highest BCUT2D eigenvalue weighted by molar-refractivity contribution is 7.20. The summed E-state index contributed by atoms with van der Waals surface area (Å²) in [6, 6.07) is 3.38. The zero-order chi connectivity index (χ0) is 29.5. The Bertz CT molecular complexity index is 1380. The molecule has 0 radical (unpaired) electrons. The largest absolute Gasteiger partial charge is 0.488 e. The maximum absolute atomic E-state index is 12.4. The number of rotatable bonds is 15. The van der Waals surface area contributed by atoms with Crippen molar-refractivity contribution in [3.8, 4) is 11.6 Å². The first kappa shape index (κ1) is 30.2. The van der Waals surface area contributed by atoms with Crippen LogP contribution in [0.4, 0.5) is 0 Å². The van der Waals surface area contributed by atoms with Gasteiger partial charge in [0.25, 0.3) is 5.88 Å². The molecule has 0 aromatic carbocycles. The lowest BCUT2D eigenvalue weighted by atomic mass is 9.96. The number of carboxylic acid groups (broad SMARTS) is 2. The Morgan fingerprint density at radius 3 is 2.29 bits per heavy atom. The van der Waals surface area contributed by atoms with E-state index in [2.05, 4.69) is 4.98 Å². The van der Waals surface area contributed by atoms with Gasteiger partial charge in [-0.05, 0) is 29.4 Å². The summed E-state index contributed by atoms with van der Waals surface area (Å²) in [4.78, 5) is 52.8. The summed E-state index contributed by atoms with van der Waals surface area (Å²) in [5, 5.41) is 17.7. The lowest BCUT2D eigenvalue weighted by Crippen LogP contribution is -2.31. The fourth-order valence-electron chi connectivity index (χ4n) is 4.59. The highest BCUT2D eigenvalue weighted by Crippen LogP contribution is 2.34. The number of carbonyl (C=O) groups excluding carboxylic acids is 2. The van der Waals surface area contributed by atoms with Gasteiger partial charge in [-0.2, -0.15) is 0 Å². The van der Waals surface area contributed by atoms with Crippen molar-refractivity contribution < 1.29 is 48.3 Å². The second-order valence-corrected chi connectivity index (χ2v) is 10.7. The lowest BCUT2D eigenvalue weighted by Gasteiger charge is -2.26. The van der Waals surface area contributed by atoms with Crippen molar-refractivity contribution in [2.75, 3.05) is 40.5 Å². The molecule has 2 aromatic heterocycles. The average molecular weight is 589 g/mol. The van der Waals surface area contributed by atoms with Crippen molar-refractivity contribution in [3.63, 3.8) is 0 Å². The number of likely N-dealkylation sites (tertiary alicyclic amines) is 1. The molecule has 1 saturated heterocycles. The van der Waals surface area contributed by atoms with Crippen molar-refractivity contribution in [1.29, 1.82) is 0 Å². The topological polar surface area (TPSA) is 162 Å². The number of hydrogen-bond acceptors (Lipinski definition) is 10. The predicted molar refractivity (Wildman–Crippen MR) is 148 cm³/mol. The third-order valence-electron chi connectivity index (χ3n) is 6.69. The number of amides is 1. The van der Waals surface area contributed by atoms with Crippen LogP contribution in [0.25, 0.3) is 10.2 Å². The van der Waals surface area contributed by atoms with E-state index < -0.39 is 11.9 Å². The molecule has 220 valence electrons. The first-order chi connectivity index (χ1) is 19.7. The number of fused-ring (bicyclic) bond motifs is 2. The monoisotopic (exact) mass is 588 g/mol. The van der Waals surface area contributed by atoms with Crippen LogP contribution in [0.15, 0.2) is 35.4 Å². The van der Waals surface area contributed by atoms with Gasteiger partial charge < -0.3 is 34.1 Å². The van der Waals surface area contributed by atoms with E-state index in [0.29, 0.717) is 48.9 Å². The van der Waals surface area contributed by atoms with Crippen LogP contribution in [0.3, 0.4) is 0 Å². The number of ketones is 1. The van der Waals surface area contributed by atoms with E-state index in [-0.39, 0.29) is 55.5 Å². The van der Waals surface area contributed by atoms with E-state index >= 15 is 0 Å². The first-order valence-electron chi connectivity index (χ1n) is 13.1. The molecule has 1 aliphatic carbocycles. The molecular formula is C28H32N2O10S. The van der Waals surface area contributed by atoms with Gasteiger partial charge in [0.15, 0.2) is 11.5 Å². The lowest BCUT2D eigenvalue weighted by molar-refractivity contribution is -0.140. The minimum Gasteiger partial charge on any atom is -0.488 e. The van der Waals surface area contributed by atoms with Gasteiger partial charge in [-0.25, -0.2) is 4.98 Å². The van der Waals surface area contributed by atoms with E-state index in [4.69, 9.17) is 29.2 Å². The highest BCUT2D eigenvalue weighted by Gasteiger charge is 2.32. The zero-order valence-corrected chi connectivity index (χ0v) is 23.6. The third-order valence-corrected chi connectivity index (χ3v) is 7.81. The van der Waals surface area contributed by atoms with Gasteiger partial charge >= 0.3 is 11.9 Å². The Labute approximate surface area is 240 Å². The molecule has 0 bridgehead atoms. The zero-order valence-electron chi connectivity index (χ0n) is 22.8. The average Bonchev–Trinajstić information content (AvgIpc) is 3.56. The van der Waals surface area contributed by atoms with Gasteiger partial charge in [0, 0.05) is 45.5 Å². The van der Waals surface area contributed by atoms with E-state index in [9.17, 15) is 19.2 Å². The van der Waals surface area contributed by atoms with Gasteiger partial charge in [0.05, 0.1) is 48.3 Å². The number of pyridine rings is 1. The first-order valence-corrected chi connectivity index (χ1v) is 13.9. The number of methoxy groups -OCH3 is 2. The van der Waals surface area contributed by atoms with Crippen molar-refractivity contribution in [2.45, 2.75) is 44.3 Å². The number of aliphatic carboxylic acids is 2. The summed E-state index contributed by atoms with van der Waals surface area (Å²) in [5.41, 5.74) is 2.53. The molecule has 0 saturated carbocycles. The number of thiophene rings is 1. The molecule has 41 heavy (non-hydrogen) atoms. The van der Waals surface area contributed by atoms with Crippen LogP contribution in [-0.2, 0) is 23.9 Å². The Kier molecular flexibility index (Phi) is 10.1. The number of hydrogen-bond donors (Lipinski definition) is 2. The van der Waals surface area contributed by atoms with Gasteiger partial charge in [-0.15, -0.1) is 11.3 Å². The summed E-state index contributed by atoms with van der Waals surface area (Å²) >= 11 is 1.23. The molecule has 13 heteroatoms.